The fraction of sp³-hybridized carbons (Fsp3) is 0.357. The summed E-state index contributed by atoms with van der Waals surface area (Å²) in [6.07, 6.45) is 4.48. The van der Waals surface area contributed by atoms with E-state index in [1.54, 1.807) is 0 Å². The van der Waals surface area contributed by atoms with Gasteiger partial charge >= 0.3 is 5.97 Å². The van der Waals surface area contributed by atoms with Crippen LogP contribution in [0.15, 0.2) is 54.6 Å². The molecule has 0 aliphatic heterocycles. The Balaban J connectivity index is 1.55. The first-order valence-electron chi connectivity index (χ1n) is 11.7. The first-order chi connectivity index (χ1) is 16.5. The number of aliphatic hydroxyl groups is 1. The Kier molecular flexibility index (Phi) is 10.2. The van der Waals surface area contributed by atoms with Gasteiger partial charge in [0.1, 0.15) is 0 Å². The summed E-state index contributed by atoms with van der Waals surface area (Å²) < 4.78 is 6.00. The van der Waals surface area contributed by atoms with Crippen LogP contribution in [0.25, 0.3) is 10.9 Å². The van der Waals surface area contributed by atoms with Gasteiger partial charge in [-0.2, -0.15) is 0 Å². The maximum atomic E-state index is 10.8. The van der Waals surface area contributed by atoms with E-state index in [9.17, 15) is 9.90 Å². The average Bonchev–Trinajstić information content (AvgIpc) is 2.83. The molecule has 0 radical (unpaired) electrons. The van der Waals surface area contributed by atoms with Crippen LogP contribution in [0.4, 0.5) is 0 Å². The minimum atomic E-state index is -0.830. The number of halogens is 1. The maximum Gasteiger partial charge on any atom is 0.303 e. The van der Waals surface area contributed by atoms with Gasteiger partial charge in [0.15, 0.2) is 0 Å². The summed E-state index contributed by atoms with van der Waals surface area (Å²) >= 11 is 5.94. The van der Waals surface area contributed by atoms with Crippen LogP contribution in [0.1, 0.15) is 62.2 Å². The minimum Gasteiger partial charge on any atom is -0.481 e. The number of unbranched alkanes of at least 4 members (excludes halogenated alkanes) is 3. The lowest BCUT2D eigenvalue weighted by Gasteiger charge is -2.15. The zero-order valence-electron chi connectivity index (χ0n) is 19.2. The molecule has 3 rings (SSSR count). The Morgan fingerprint density at radius 1 is 1.03 bits per heavy atom. The molecule has 34 heavy (non-hydrogen) atoms. The summed E-state index contributed by atoms with van der Waals surface area (Å²) in [5, 5.41) is 21.1. The third kappa shape index (κ3) is 8.37. The molecule has 0 saturated carbocycles. The van der Waals surface area contributed by atoms with Gasteiger partial charge in [-0.05, 0) is 61.9 Å². The monoisotopic (exact) mass is 479 g/mol. The zero-order chi connectivity index (χ0) is 24.2. The third-order valence-electron chi connectivity index (χ3n) is 5.45. The molecule has 0 aliphatic carbocycles. The van der Waals surface area contributed by atoms with Gasteiger partial charge in [-0.25, -0.2) is 4.98 Å². The highest BCUT2D eigenvalue weighted by Crippen LogP contribution is 2.29. The van der Waals surface area contributed by atoms with Crippen molar-refractivity contribution in [3.63, 3.8) is 0 Å². The summed E-state index contributed by atoms with van der Waals surface area (Å²) in [5.41, 5.74) is 2.71. The zero-order valence-corrected chi connectivity index (χ0v) is 19.9. The van der Waals surface area contributed by atoms with Gasteiger partial charge in [-0.1, -0.05) is 41.9 Å². The lowest BCUT2D eigenvalue weighted by atomic mass is 10.1. The number of aliphatic carboxylic acids is 1. The number of benzene rings is 2. The van der Waals surface area contributed by atoms with Crippen molar-refractivity contribution in [3.8, 4) is 17.7 Å². The van der Waals surface area contributed by atoms with Crippen molar-refractivity contribution in [1.82, 2.24) is 4.98 Å². The van der Waals surface area contributed by atoms with E-state index in [0.29, 0.717) is 30.9 Å². The Morgan fingerprint density at radius 2 is 1.82 bits per heavy atom. The van der Waals surface area contributed by atoms with Gasteiger partial charge in [0.25, 0.3) is 0 Å². The summed E-state index contributed by atoms with van der Waals surface area (Å²) in [6.45, 7) is 0.520. The van der Waals surface area contributed by atoms with Crippen LogP contribution in [0.5, 0.6) is 5.88 Å². The highest BCUT2D eigenvalue weighted by atomic mass is 35.5. The second kappa shape index (κ2) is 13.6. The van der Waals surface area contributed by atoms with E-state index in [1.807, 2.05) is 42.5 Å². The van der Waals surface area contributed by atoms with Crippen LogP contribution in [-0.4, -0.2) is 27.8 Å². The summed E-state index contributed by atoms with van der Waals surface area (Å²) in [5.74, 6) is 5.51. The van der Waals surface area contributed by atoms with E-state index in [4.69, 9.17) is 21.4 Å². The molecule has 3 aromatic rings. The van der Waals surface area contributed by atoms with E-state index < -0.39 is 12.1 Å². The van der Waals surface area contributed by atoms with Gasteiger partial charge < -0.3 is 14.9 Å². The van der Waals surface area contributed by atoms with Crippen molar-refractivity contribution in [2.45, 2.75) is 57.5 Å². The number of aryl methyl sites for hydroxylation is 1. The molecule has 1 atom stereocenters. The molecular formula is C28H30ClNO4. The number of carboxylic acid groups (broad SMARTS) is 1. The second-order valence-corrected chi connectivity index (χ2v) is 8.62. The van der Waals surface area contributed by atoms with Gasteiger partial charge in [-0.15, -0.1) is 11.8 Å². The molecule has 0 fully saturated rings. The van der Waals surface area contributed by atoms with E-state index >= 15 is 0 Å². The SMILES string of the molecule is O=C(O)CCCC#CCC(O)c1cc2ccccc2nc1OCCCCCc1ccc(Cl)cc1. The number of nitrogens with zero attached hydrogens (tertiary/aromatic N) is 1. The van der Waals surface area contributed by atoms with Crippen molar-refractivity contribution in [2.24, 2.45) is 0 Å². The molecule has 1 unspecified atom stereocenters. The molecule has 178 valence electrons. The van der Waals surface area contributed by atoms with Crippen LogP contribution in [-0.2, 0) is 11.2 Å². The number of carbonyl (C=O) groups is 1. The van der Waals surface area contributed by atoms with Gasteiger partial charge in [0, 0.05) is 35.2 Å². The topological polar surface area (TPSA) is 79.7 Å². The molecule has 0 bridgehead atoms. The lowest BCUT2D eigenvalue weighted by molar-refractivity contribution is -0.137. The molecule has 1 aromatic heterocycles. The number of aromatic nitrogens is 1. The second-order valence-electron chi connectivity index (χ2n) is 8.18. The van der Waals surface area contributed by atoms with Crippen LogP contribution in [0.2, 0.25) is 5.02 Å². The van der Waals surface area contributed by atoms with Crippen molar-refractivity contribution >= 4 is 28.5 Å². The number of fused-ring (bicyclic) bond motifs is 1. The Bertz CT molecular complexity index is 1130. The molecule has 1 heterocycles. The number of rotatable bonds is 12. The van der Waals surface area contributed by atoms with Gasteiger partial charge in [-0.3, -0.25) is 4.79 Å². The number of carboxylic acids is 1. The Morgan fingerprint density at radius 3 is 2.62 bits per heavy atom. The largest absolute Gasteiger partial charge is 0.481 e. The van der Waals surface area contributed by atoms with Crippen molar-refractivity contribution in [2.75, 3.05) is 6.61 Å². The number of para-hydroxylation sites is 1. The number of aliphatic hydroxyl groups excluding tert-OH is 1. The maximum absolute atomic E-state index is 10.8. The van der Waals surface area contributed by atoms with Crippen molar-refractivity contribution in [1.29, 1.82) is 0 Å². The predicted octanol–water partition coefficient (Wildman–Crippen LogP) is 6.36. The molecule has 6 heteroatoms. The third-order valence-corrected chi connectivity index (χ3v) is 5.70. The number of hydrogen-bond donors (Lipinski definition) is 2. The highest BCUT2D eigenvalue weighted by Gasteiger charge is 2.16. The van der Waals surface area contributed by atoms with E-state index in [2.05, 4.69) is 29.0 Å². The normalized spacial score (nSPS) is 11.6. The van der Waals surface area contributed by atoms with Crippen molar-refractivity contribution < 1.29 is 19.7 Å². The Hall–Kier alpha value is -3.07. The molecule has 2 N–H and O–H groups in total. The van der Waals surface area contributed by atoms with E-state index in [-0.39, 0.29) is 12.8 Å². The first kappa shape index (κ1) is 25.6. The van der Waals surface area contributed by atoms with Crippen molar-refractivity contribution in [3.05, 3.63) is 70.7 Å². The van der Waals surface area contributed by atoms with E-state index in [1.165, 1.54) is 5.56 Å². The molecule has 0 saturated heterocycles. The van der Waals surface area contributed by atoms with E-state index in [0.717, 1.165) is 41.6 Å². The average molecular weight is 480 g/mol. The summed E-state index contributed by atoms with van der Waals surface area (Å²) in [6, 6.07) is 17.6. The number of ether oxygens (including phenoxy) is 1. The molecule has 5 nitrogen and oxygen atoms in total. The molecule has 0 aliphatic rings. The molecule has 2 aromatic carbocycles. The van der Waals surface area contributed by atoms with Crippen LogP contribution >= 0.6 is 11.6 Å². The van der Waals surface area contributed by atoms with Crippen LogP contribution in [0, 0.1) is 11.8 Å². The summed E-state index contributed by atoms with van der Waals surface area (Å²) in [7, 11) is 0. The van der Waals surface area contributed by atoms with Crippen LogP contribution in [0.3, 0.4) is 0 Å². The molecular weight excluding hydrogens is 450 g/mol. The van der Waals surface area contributed by atoms with Gasteiger partial charge in [0.05, 0.1) is 18.2 Å². The molecule has 0 amide bonds. The standard InChI is InChI=1S/C28H30ClNO4/c29-23-17-15-21(16-18-23)10-4-3-9-19-34-28-24(20-22-11-7-8-12-25(22)30-28)26(31)13-5-1-2-6-14-27(32)33/h7-8,11-12,15-18,20,26,31H,2-4,6,9-10,13-14,19H2,(H,32,33). The lowest BCUT2D eigenvalue weighted by Crippen LogP contribution is -2.06. The van der Waals surface area contributed by atoms with Gasteiger partial charge in [0.2, 0.25) is 5.88 Å². The highest BCUT2D eigenvalue weighted by molar-refractivity contribution is 6.30. The smallest absolute Gasteiger partial charge is 0.303 e. The predicted molar refractivity (Wildman–Crippen MR) is 135 cm³/mol. The fourth-order valence-corrected chi connectivity index (χ4v) is 3.72. The fourth-order valence-electron chi connectivity index (χ4n) is 3.59. The Labute approximate surface area is 205 Å². The summed E-state index contributed by atoms with van der Waals surface area (Å²) in [4.78, 5) is 15.2. The number of pyridine rings is 1. The van der Waals surface area contributed by atoms with Crippen LogP contribution < -0.4 is 4.74 Å². The number of hydrogen-bond acceptors (Lipinski definition) is 4. The quantitative estimate of drug-likeness (QED) is 0.233. The minimum absolute atomic E-state index is 0.101. The molecule has 0 spiro atoms. The first-order valence-corrected chi connectivity index (χ1v) is 12.0.